The molecule has 0 saturated heterocycles. The smallest absolute Gasteiger partial charge is 0.222 e. The molecular weight excluding hydrogens is 244 g/mol. The Kier molecular flexibility index (Phi) is 6.36. The summed E-state index contributed by atoms with van der Waals surface area (Å²) in [6.45, 7) is 3.64. The number of benzene rings is 1. The second kappa shape index (κ2) is 7.82. The maximum Gasteiger partial charge on any atom is 0.222 e. The average molecular weight is 264 g/mol. The van der Waals surface area contributed by atoms with E-state index < -0.39 is 0 Å². The van der Waals surface area contributed by atoms with E-state index in [4.69, 9.17) is 12.2 Å². The molecule has 0 fully saturated rings. The van der Waals surface area contributed by atoms with Gasteiger partial charge < -0.3 is 10.6 Å². The highest BCUT2D eigenvalue weighted by molar-refractivity contribution is 7.80. The summed E-state index contributed by atoms with van der Waals surface area (Å²) in [6, 6.07) is 8.15. The first-order chi connectivity index (χ1) is 8.61. The number of amides is 1. The van der Waals surface area contributed by atoms with Crippen LogP contribution in [0, 0.1) is 0 Å². The zero-order valence-corrected chi connectivity index (χ0v) is 11.8. The first kappa shape index (κ1) is 14.6. The van der Waals surface area contributed by atoms with Gasteiger partial charge >= 0.3 is 0 Å². The van der Waals surface area contributed by atoms with Gasteiger partial charge in [0, 0.05) is 12.6 Å². The lowest BCUT2D eigenvalue weighted by molar-refractivity contribution is -0.117. The first-order valence-electron chi connectivity index (χ1n) is 6.29. The third-order valence-electron chi connectivity index (χ3n) is 2.57. The molecule has 1 aromatic carbocycles. The molecule has 0 spiro atoms. The number of carbonyl (C=O) groups is 1. The Bertz CT molecular complexity index is 401. The monoisotopic (exact) mass is 264 g/mol. The van der Waals surface area contributed by atoms with Crippen LogP contribution in [0.2, 0.25) is 0 Å². The number of aryl methyl sites for hydroxylation is 1. The minimum Gasteiger partial charge on any atom is -0.332 e. The molecule has 0 aromatic heterocycles. The summed E-state index contributed by atoms with van der Waals surface area (Å²) in [7, 11) is 0. The Morgan fingerprint density at radius 1 is 1.22 bits per heavy atom. The zero-order chi connectivity index (χ0) is 13.4. The van der Waals surface area contributed by atoms with Crippen LogP contribution < -0.4 is 10.6 Å². The maximum atomic E-state index is 10.8. The summed E-state index contributed by atoms with van der Waals surface area (Å²) >= 11 is 4.99. The predicted molar refractivity (Wildman–Crippen MR) is 79.7 cm³/mol. The third-order valence-corrected chi connectivity index (χ3v) is 2.77. The molecule has 0 bridgehead atoms. The minimum absolute atomic E-state index is 0.163. The number of hydrogen-bond donors (Lipinski definition) is 2. The second-order valence-corrected chi connectivity index (χ2v) is 4.70. The fraction of sp³-hybridized carbons (Fsp3) is 0.429. The molecule has 0 heterocycles. The normalized spacial score (nSPS) is 9.89. The van der Waals surface area contributed by atoms with E-state index in [9.17, 15) is 4.79 Å². The van der Waals surface area contributed by atoms with Crippen molar-refractivity contribution < 1.29 is 4.79 Å². The fourth-order valence-corrected chi connectivity index (χ4v) is 1.92. The van der Waals surface area contributed by atoms with Crippen LogP contribution in [0.15, 0.2) is 24.3 Å². The summed E-state index contributed by atoms with van der Waals surface area (Å²) in [5, 5.41) is 5.83. The van der Waals surface area contributed by atoms with Gasteiger partial charge in [0.2, 0.25) is 5.91 Å². The van der Waals surface area contributed by atoms with E-state index in [0.717, 1.165) is 12.1 Å². The van der Waals surface area contributed by atoms with Crippen molar-refractivity contribution in [3.8, 4) is 0 Å². The molecule has 98 valence electrons. The zero-order valence-electron chi connectivity index (χ0n) is 11.0. The summed E-state index contributed by atoms with van der Waals surface area (Å²) in [5.41, 5.74) is 2.23. The van der Waals surface area contributed by atoms with Crippen molar-refractivity contribution >= 4 is 28.9 Å². The molecule has 0 radical (unpaired) electrons. The lowest BCUT2D eigenvalue weighted by Gasteiger charge is -2.08. The van der Waals surface area contributed by atoms with Gasteiger partial charge in [0.05, 0.1) is 0 Å². The fourth-order valence-electron chi connectivity index (χ4n) is 1.66. The van der Waals surface area contributed by atoms with Gasteiger partial charge in [-0.3, -0.25) is 4.79 Å². The van der Waals surface area contributed by atoms with Gasteiger partial charge in [0.25, 0.3) is 0 Å². The summed E-state index contributed by atoms with van der Waals surface area (Å²) in [5.74, 6) is -0.163. The van der Waals surface area contributed by atoms with Crippen molar-refractivity contribution in [3.05, 3.63) is 29.8 Å². The third kappa shape index (κ3) is 5.77. The highest BCUT2D eigenvalue weighted by Gasteiger charge is 1.99. The van der Waals surface area contributed by atoms with Crippen molar-refractivity contribution in [3.63, 3.8) is 0 Å². The molecule has 0 aliphatic heterocycles. The Hall–Kier alpha value is -1.42. The van der Waals surface area contributed by atoms with E-state index in [1.807, 2.05) is 12.1 Å². The molecule has 1 amide bonds. The van der Waals surface area contributed by atoms with Crippen LogP contribution in [0.4, 0.5) is 5.69 Å². The molecule has 0 aliphatic carbocycles. The molecule has 4 heteroatoms. The quantitative estimate of drug-likeness (QED) is 0.633. The van der Waals surface area contributed by atoms with Crippen molar-refractivity contribution in [2.45, 2.75) is 39.5 Å². The lowest BCUT2D eigenvalue weighted by Crippen LogP contribution is -2.32. The van der Waals surface area contributed by atoms with E-state index in [1.165, 1.54) is 31.7 Å². The van der Waals surface area contributed by atoms with Gasteiger partial charge in [-0.1, -0.05) is 31.9 Å². The van der Waals surface area contributed by atoms with Gasteiger partial charge in [-0.05, 0) is 42.8 Å². The molecule has 3 nitrogen and oxygen atoms in total. The number of carbonyl (C=O) groups excluding carboxylic acids is 1. The minimum atomic E-state index is -0.163. The molecular formula is C14H20N2OS. The highest BCUT2D eigenvalue weighted by atomic mass is 32.1. The van der Waals surface area contributed by atoms with Crippen LogP contribution in [0.5, 0.6) is 0 Å². The second-order valence-electron chi connectivity index (χ2n) is 4.29. The molecule has 1 aromatic rings. The van der Waals surface area contributed by atoms with Gasteiger partial charge in [0.15, 0.2) is 5.11 Å². The van der Waals surface area contributed by atoms with Gasteiger partial charge in [-0.2, -0.15) is 0 Å². The molecule has 0 atom stereocenters. The lowest BCUT2D eigenvalue weighted by atomic mass is 10.1. The Morgan fingerprint density at radius 2 is 1.89 bits per heavy atom. The van der Waals surface area contributed by atoms with Crippen LogP contribution >= 0.6 is 12.2 Å². The van der Waals surface area contributed by atoms with Crippen LogP contribution in [-0.2, 0) is 11.2 Å². The number of thiocarbonyl (C=S) groups is 1. The number of anilines is 1. The van der Waals surface area contributed by atoms with Crippen LogP contribution in [-0.4, -0.2) is 11.0 Å². The number of hydrogen-bond acceptors (Lipinski definition) is 2. The van der Waals surface area contributed by atoms with Crippen molar-refractivity contribution in [1.29, 1.82) is 0 Å². The number of nitrogens with one attached hydrogen (secondary N) is 2. The summed E-state index contributed by atoms with van der Waals surface area (Å²) in [6.07, 6.45) is 4.86. The van der Waals surface area contributed by atoms with Crippen molar-refractivity contribution in [1.82, 2.24) is 5.32 Å². The predicted octanol–water partition coefficient (Wildman–Crippen LogP) is 3.25. The molecule has 0 saturated carbocycles. The van der Waals surface area contributed by atoms with E-state index >= 15 is 0 Å². The standard InChI is InChI=1S/C14H20N2OS/c1-3-4-5-6-12-7-9-13(10-8-12)16-14(18)15-11(2)17/h7-10H,3-6H2,1-2H3,(H2,15,16,17,18). The average Bonchev–Trinajstić information content (AvgIpc) is 2.30. The van der Waals surface area contributed by atoms with Gasteiger partial charge in [-0.25, -0.2) is 0 Å². The van der Waals surface area contributed by atoms with E-state index in [2.05, 4.69) is 29.7 Å². The highest BCUT2D eigenvalue weighted by Crippen LogP contribution is 2.12. The van der Waals surface area contributed by atoms with Crippen molar-refractivity contribution in [2.24, 2.45) is 0 Å². The Labute approximate surface area is 114 Å². The molecule has 2 N–H and O–H groups in total. The summed E-state index contributed by atoms with van der Waals surface area (Å²) < 4.78 is 0. The topological polar surface area (TPSA) is 41.1 Å². The molecule has 0 aliphatic rings. The maximum absolute atomic E-state index is 10.8. The van der Waals surface area contributed by atoms with Gasteiger partial charge in [0.1, 0.15) is 0 Å². The molecule has 0 unspecified atom stereocenters. The van der Waals surface area contributed by atoms with Crippen LogP contribution in [0.25, 0.3) is 0 Å². The van der Waals surface area contributed by atoms with E-state index in [0.29, 0.717) is 5.11 Å². The largest absolute Gasteiger partial charge is 0.332 e. The Balaban J connectivity index is 2.44. The van der Waals surface area contributed by atoms with E-state index in [-0.39, 0.29) is 5.91 Å². The summed E-state index contributed by atoms with van der Waals surface area (Å²) in [4.78, 5) is 10.8. The van der Waals surface area contributed by atoms with Crippen molar-refractivity contribution in [2.75, 3.05) is 5.32 Å². The Morgan fingerprint density at radius 3 is 2.44 bits per heavy atom. The molecule has 1 rings (SSSR count). The van der Waals surface area contributed by atoms with Crippen LogP contribution in [0.3, 0.4) is 0 Å². The van der Waals surface area contributed by atoms with Gasteiger partial charge in [-0.15, -0.1) is 0 Å². The van der Waals surface area contributed by atoms with E-state index in [1.54, 1.807) is 0 Å². The van der Waals surface area contributed by atoms with Crippen LogP contribution in [0.1, 0.15) is 38.7 Å². The SMILES string of the molecule is CCCCCc1ccc(NC(=S)NC(C)=O)cc1. The number of rotatable bonds is 5. The first-order valence-corrected chi connectivity index (χ1v) is 6.70. The number of unbranched alkanes of at least 4 members (excludes halogenated alkanes) is 2. The molecule has 18 heavy (non-hydrogen) atoms.